The minimum absolute atomic E-state index is 0.0147. The molecule has 0 radical (unpaired) electrons. The third kappa shape index (κ3) is 3.48. The van der Waals surface area contributed by atoms with Crippen molar-refractivity contribution in [1.82, 2.24) is 15.5 Å². The minimum atomic E-state index is -1.28. The van der Waals surface area contributed by atoms with E-state index >= 15 is 0 Å². The highest BCUT2D eigenvalue weighted by Gasteiger charge is 2.44. The summed E-state index contributed by atoms with van der Waals surface area (Å²) < 4.78 is 5.54. The van der Waals surface area contributed by atoms with Crippen LogP contribution in [0.2, 0.25) is 0 Å². The quantitative estimate of drug-likeness (QED) is 0.542. The fourth-order valence-corrected chi connectivity index (χ4v) is 3.42. The van der Waals surface area contributed by atoms with E-state index in [0.717, 1.165) is 13.1 Å². The maximum atomic E-state index is 12.5. The van der Waals surface area contributed by atoms with Crippen LogP contribution < -0.4 is 15.3 Å². The first-order chi connectivity index (χ1) is 12.0. The second-order valence-corrected chi connectivity index (χ2v) is 6.21. The van der Waals surface area contributed by atoms with Gasteiger partial charge >= 0.3 is 13.1 Å². The number of amides is 1. The summed E-state index contributed by atoms with van der Waals surface area (Å²) in [5.41, 5.74) is 0.689. The average molecular weight is 347 g/mol. The number of fused-ring (bicyclic) bond motifs is 1. The molecule has 3 rings (SSSR count). The standard InChI is InChI=1S/C16H22BN3O5/c1-2-14(21)20(13-9-18-6-7-19-13)12-8-10-4-3-5-11(16(22)23)15(10)25-17(12)24/h3-5,12-13,18-19,24H,2,6-9H2,1H3,(H,22,23). The molecule has 1 amide bonds. The van der Waals surface area contributed by atoms with Gasteiger partial charge in [-0.25, -0.2) is 4.79 Å². The van der Waals surface area contributed by atoms with Crippen LogP contribution in [0.25, 0.3) is 0 Å². The van der Waals surface area contributed by atoms with E-state index in [2.05, 4.69) is 10.6 Å². The molecular formula is C16H22BN3O5. The third-order valence-corrected chi connectivity index (χ3v) is 4.63. The van der Waals surface area contributed by atoms with Gasteiger partial charge in [0.2, 0.25) is 5.91 Å². The van der Waals surface area contributed by atoms with Crippen LogP contribution in [0.1, 0.15) is 29.3 Å². The summed E-state index contributed by atoms with van der Waals surface area (Å²) in [4.78, 5) is 25.5. The summed E-state index contributed by atoms with van der Waals surface area (Å²) in [5, 5.41) is 26.3. The van der Waals surface area contributed by atoms with Crippen molar-refractivity contribution in [3.05, 3.63) is 29.3 Å². The Morgan fingerprint density at radius 1 is 1.40 bits per heavy atom. The lowest BCUT2D eigenvalue weighted by Gasteiger charge is -2.42. The van der Waals surface area contributed by atoms with Crippen molar-refractivity contribution in [1.29, 1.82) is 0 Å². The zero-order chi connectivity index (χ0) is 18.0. The molecule has 0 saturated carbocycles. The molecule has 134 valence electrons. The van der Waals surface area contributed by atoms with E-state index in [1.165, 1.54) is 6.07 Å². The van der Waals surface area contributed by atoms with Gasteiger partial charge in [-0.3, -0.25) is 10.1 Å². The first-order valence-electron chi connectivity index (χ1n) is 8.48. The predicted octanol–water partition coefficient (Wildman–Crippen LogP) is -0.534. The number of benzene rings is 1. The van der Waals surface area contributed by atoms with Crippen LogP contribution in [0.3, 0.4) is 0 Å². The number of nitrogens with zero attached hydrogens (tertiary/aromatic N) is 1. The number of para-hydroxylation sites is 1. The molecule has 2 aliphatic rings. The average Bonchev–Trinajstić information content (AvgIpc) is 2.62. The SMILES string of the molecule is CCC(=O)N(C1CNCCN1)C1Cc2cccc(C(=O)O)c2OB1O. The normalized spacial score (nSPS) is 22.7. The fourth-order valence-electron chi connectivity index (χ4n) is 3.42. The highest BCUT2D eigenvalue weighted by Crippen LogP contribution is 2.32. The van der Waals surface area contributed by atoms with Gasteiger partial charge in [0, 0.05) is 26.1 Å². The Labute approximate surface area is 146 Å². The van der Waals surface area contributed by atoms with Crippen molar-refractivity contribution in [3.63, 3.8) is 0 Å². The Bertz CT molecular complexity index is 665. The number of carbonyl (C=O) groups excluding carboxylic acids is 1. The molecule has 0 bridgehead atoms. The van der Waals surface area contributed by atoms with Crippen molar-refractivity contribution < 1.29 is 24.4 Å². The molecule has 0 spiro atoms. The highest BCUT2D eigenvalue weighted by molar-refractivity contribution is 6.47. The Hall–Kier alpha value is -2.10. The van der Waals surface area contributed by atoms with E-state index < -0.39 is 19.0 Å². The number of carbonyl (C=O) groups is 2. The molecule has 2 atom stereocenters. The Morgan fingerprint density at radius 3 is 2.84 bits per heavy atom. The van der Waals surface area contributed by atoms with Crippen molar-refractivity contribution >= 4 is 19.0 Å². The van der Waals surface area contributed by atoms with Crippen molar-refractivity contribution in [2.24, 2.45) is 0 Å². The third-order valence-electron chi connectivity index (χ3n) is 4.63. The van der Waals surface area contributed by atoms with Crippen LogP contribution in [-0.2, 0) is 11.2 Å². The monoisotopic (exact) mass is 347 g/mol. The van der Waals surface area contributed by atoms with E-state index in [4.69, 9.17) is 4.65 Å². The molecule has 1 fully saturated rings. The minimum Gasteiger partial charge on any atom is -0.534 e. The summed E-state index contributed by atoms with van der Waals surface area (Å²) in [6.07, 6.45) is 0.402. The fraction of sp³-hybridized carbons (Fsp3) is 0.500. The van der Waals surface area contributed by atoms with Gasteiger partial charge in [-0.1, -0.05) is 19.1 Å². The lowest BCUT2D eigenvalue weighted by atomic mass is 9.70. The van der Waals surface area contributed by atoms with Gasteiger partial charge < -0.3 is 25.0 Å². The van der Waals surface area contributed by atoms with Gasteiger partial charge in [0.25, 0.3) is 0 Å². The second kappa shape index (κ2) is 7.43. The molecule has 2 unspecified atom stereocenters. The van der Waals surface area contributed by atoms with Crippen LogP contribution in [0.15, 0.2) is 18.2 Å². The molecule has 1 aromatic carbocycles. The second-order valence-electron chi connectivity index (χ2n) is 6.21. The van der Waals surface area contributed by atoms with Gasteiger partial charge in [0.15, 0.2) is 0 Å². The summed E-state index contributed by atoms with van der Waals surface area (Å²) in [7, 11) is -1.28. The highest BCUT2D eigenvalue weighted by atomic mass is 16.5. The summed E-state index contributed by atoms with van der Waals surface area (Å²) in [6.45, 7) is 3.90. The maximum absolute atomic E-state index is 12.5. The van der Waals surface area contributed by atoms with Crippen LogP contribution in [0.4, 0.5) is 0 Å². The van der Waals surface area contributed by atoms with Crippen molar-refractivity contribution in [2.75, 3.05) is 19.6 Å². The van der Waals surface area contributed by atoms with Gasteiger partial charge in [-0.2, -0.15) is 0 Å². The van der Waals surface area contributed by atoms with Gasteiger partial charge in [-0.15, -0.1) is 0 Å². The summed E-state index contributed by atoms with van der Waals surface area (Å²) in [5.74, 6) is -1.60. The van der Waals surface area contributed by atoms with E-state index in [1.807, 2.05) is 0 Å². The molecule has 0 aliphatic carbocycles. The van der Waals surface area contributed by atoms with E-state index in [1.54, 1.807) is 24.0 Å². The molecule has 2 heterocycles. The van der Waals surface area contributed by atoms with Crippen LogP contribution >= 0.6 is 0 Å². The number of hydrogen-bond acceptors (Lipinski definition) is 6. The van der Waals surface area contributed by atoms with E-state index in [0.29, 0.717) is 24.9 Å². The zero-order valence-electron chi connectivity index (χ0n) is 14.1. The number of carboxylic acids is 1. The summed E-state index contributed by atoms with van der Waals surface area (Å²) in [6, 6.07) is 4.85. The Morgan fingerprint density at radius 2 is 2.20 bits per heavy atom. The van der Waals surface area contributed by atoms with E-state index in [9.17, 15) is 19.7 Å². The topological polar surface area (TPSA) is 111 Å². The molecule has 1 aromatic rings. The molecule has 25 heavy (non-hydrogen) atoms. The van der Waals surface area contributed by atoms with Gasteiger partial charge in [-0.05, 0) is 18.1 Å². The number of carboxylic acid groups (broad SMARTS) is 1. The van der Waals surface area contributed by atoms with Crippen LogP contribution in [0, 0.1) is 0 Å². The summed E-state index contributed by atoms with van der Waals surface area (Å²) >= 11 is 0. The lowest BCUT2D eigenvalue weighted by Crippen LogP contribution is -2.66. The molecule has 2 aliphatic heterocycles. The van der Waals surface area contributed by atoms with Crippen LogP contribution in [0.5, 0.6) is 5.75 Å². The van der Waals surface area contributed by atoms with E-state index in [-0.39, 0.29) is 23.4 Å². The Kier molecular flexibility index (Phi) is 5.26. The molecule has 4 N–H and O–H groups in total. The van der Waals surface area contributed by atoms with Crippen molar-refractivity contribution in [2.45, 2.75) is 31.9 Å². The maximum Gasteiger partial charge on any atom is 0.547 e. The first kappa shape index (κ1) is 17.7. The molecule has 8 nitrogen and oxygen atoms in total. The van der Waals surface area contributed by atoms with Gasteiger partial charge in [0.05, 0.1) is 17.7 Å². The zero-order valence-corrected chi connectivity index (χ0v) is 14.1. The molecule has 9 heteroatoms. The number of rotatable bonds is 4. The molecular weight excluding hydrogens is 325 g/mol. The van der Waals surface area contributed by atoms with Gasteiger partial charge in [0.1, 0.15) is 5.75 Å². The number of hydrogen-bond donors (Lipinski definition) is 4. The lowest BCUT2D eigenvalue weighted by molar-refractivity contribution is -0.135. The predicted molar refractivity (Wildman–Crippen MR) is 91.3 cm³/mol. The largest absolute Gasteiger partial charge is 0.547 e. The number of aromatic carboxylic acids is 1. The molecule has 1 saturated heterocycles. The number of piperazine rings is 1. The van der Waals surface area contributed by atoms with Crippen molar-refractivity contribution in [3.8, 4) is 5.75 Å². The Balaban J connectivity index is 1.91. The smallest absolute Gasteiger partial charge is 0.534 e. The first-order valence-corrected chi connectivity index (χ1v) is 8.48. The molecule has 0 aromatic heterocycles. The number of nitrogens with one attached hydrogen (secondary N) is 2. The van der Waals surface area contributed by atoms with Crippen LogP contribution in [-0.4, -0.2) is 65.8 Å².